The minimum Gasteiger partial charge on any atom is -0.465 e. The minimum atomic E-state index is -5.73. The highest BCUT2D eigenvalue weighted by Crippen LogP contribution is 2.59. The van der Waals surface area contributed by atoms with Gasteiger partial charge in [-0.3, -0.25) is 9.46 Å². The van der Waals surface area contributed by atoms with Crippen molar-refractivity contribution < 1.29 is 41.8 Å². The molecule has 0 unspecified atom stereocenters. The van der Waals surface area contributed by atoms with Crippen LogP contribution in [0.3, 0.4) is 0 Å². The molecule has 0 aliphatic heterocycles. The first-order valence-corrected chi connectivity index (χ1v) is 15.3. The zero-order valence-corrected chi connectivity index (χ0v) is 25.5. The van der Waals surface area contributed by atoms with Crippen molar-refractivity contribution in [3.63, 3.8) is 0 Å². The highest BCUT2D eigenvalue weighted by molar-refractivity contribution is 7.52. The van der Waals surface area contributed by atoms with Gasteiger partial charge < -0.3 is 23.7 Å². The van der Waals surface area contributed by atoms with Crippen LogP contribution in [0.5, 0.6) is 11.5 Å². The second kappa shape index (κ2) is 13.0. The third kappa shape index (κ3) is 7.16. The van der Waals surface area contributed by atoms with E-state index < -0.39 is 24.8 Å². The quantitative estimate of drug-likeness (QED) is 0.110. The van der Waals surface area contributed by atoms with Gasteiger partial charge in [-0.15, -0.1) is 5.10 Å². The maximum absolute atomic E-state index is 14.2. The number of esters is 1. The molecular weight excluding hydrogens is 654 g/mol. The Kier molecular flexibility index (Phi) is 9.24. The summed E-state index contributed by atoms with van der Waals surface area (Å²) in [7, 11) is -4.44. The predicted molar refractivity (Wildman–Crippen MR) is 162 cm³/mol. The minimum absolute atomic E-state index is 0.0149. The second-order valence-corrected chi connectivity index (χ2v) is 12.0. The number of hydrogen-bond donors (Lipinski definition) is 2. The number of alkyl halides is 2. The van der Waals surface area contributed by atoms with Crippen molar-refractivity contribution in [1.29, 1.82) is 0 Å². The summed E-state index contributed by atoms with van der Waals surface area (Å²) in [6.45, 7) is 0.0149. The van der Waals surface area contributed by atoms with Crippen LogP contribution < -0.4 is 9.64 Å². The van der Waals surface area contributed by atoms with Crippen molar-refractivity contribution in [3.05, 3.63) is 118 Å². The van der Waals surface area contributed by atoms with E-state index in [1.54, 1.807) is 71.6 Å². The molecule has 5 rings (SSSR count). The summed E-state index contributed by atoms with van der Waals surface area (Å²) in [6.07, 6.45) is 0. The maximum Gasteiger partial charge on any atom is 0.399 e. The van der Waals surface area contributed by atoms with Crippen molar-refractivity contribution >= 4 is 48.5 Å². The van der Waals surface area contributed by atoms with Crippen LogP contribution >= 0.6 is 30.8 Å². The Morgan fingerprint density at radius 3 is 2.29 bits per heavy atom. The van der Waals surface area contributed by atoms with E-state index in [0.29, 0.717) is 38.9 Å². The molecule has 10 nitrogen and oxygen atoms in total. The monoisotopic (exact) mass is 675 g/mol. The van der Waals surface area contributed by atoms with E-state index in [0.717, 1.165) is 12.1 Å². The lowest BCUT2D eigenvalue weighted by atomic mass is 10.1. The number of hydrogen-bond acceptors (Lipinski definition) is 8. The van der Waals surface area contributed by atoms with Gasteiger partial charge in [0.1, 0.15) is 11.5 Å². The van der Waals surface area contributed by atoms with Crippen LogP contribution in [0.15, 0.2) is 95.4 Å². The molecule has 1 aromatic heterocycles. The third-order valence-electron chi connectivity index (χ3n) is 6.44. The van der Waals surface area contributed by atoms with Crippen molar-refractivity contribution in [2.45, 2.75) is 12.2 Å². The molecule has 0 saturated carbocycles. The first-order valence-electron chi connectivity index (χ1n) is 12.9. The Balaban J connectivity index is 1.44. The molecule has 0 spiro atoms. The standard InChI is InChI=1S/C30H22Cl2F2N3O7P/c1-42-28(38)20-5-3-7-24(15-20)43-23-6-2-4-19(14-23)27-35-36-29(44-27)37(22-12-13-25(31)26(32)16-22)17-18-8-10-21(11-9-18)30(33,34)45(39,40)41/h2-16H,17H2,1H3,(H2,39,40,41). The number of nitrogens with zero attached hydrogens (tertiary/aromatic N) is 3. The van der Waals surface area contributed by atoms with Gasteiger partial charge in [0.25, 0.3) is 0 Å². The summed E-state index contributed by atoms with van der Waals surface area (Å²) in [4.78, 5) is 31.6. The highest BCUT2D eigenvalue weighted by atomic mass is 35.5. The molecule has 0 aliphatic carbocycles. The molecule has 4 aromatic carbocycles. The molecule has 0 aliphatic rings. The number of carbonyl (C=O) groups excluding carboxylic acids is 1. The van der Waals surface area contributed by atoms with Gasteiger partial charge in [-0.25, -0.2) is 4.79 Å². The Hall–Kier alpha value is -4.32. The fraction of sp³-hybridized carbons (Fsp3) is 0.100. The van der Waals surface area contributed by atoms with Crippen molar-refractivity contribution in [2.75, 3.05) is 12.0 Å². The summed E-state index contributed by atoms with van der Waals surface area (Å²) in [5.41, 5.74) is -3.41. The van der Waals surface area contributed by atoms with Crippen LogP contribution in [-0.2, 0) is 21.5 Å². The van der Waals surface area contributed by atoms with Gasteiger partial charge >= 0.3 is 25.2 Å². The number of benzene rings is 4. The van der Waals surface area contributed by atoms with Gasteiger partial charge in [0, 0.05) is 16.8 Å². The van der Waals surface area contributed by atoms with Crippen molar-refractivity contribution in [1.82, 2.24) is 10.2 Å². The summed E-state index contributed by atoms with van der Waals surface area (Å²) in [6, 6.07) is 22.5. The van der Waals surface area contributed by atoms with E-state index in [2.05, 4.69) is 10.2 Å². The molecular formula is C30H22Cl2F2N3O7P. The van der Waals surface area contributed by atoms with E-state index in [1.165, 1.54) is 19.2 Å². The summed E-state index contributed by atoms with van der Waals surface area (Å²) in [5.74, 6) is 0.439. The van der Waals surface area contributed by atoms with Crippen LogP contribution in [0.4, 0.5) is 20.5 Å². The molecule has 0 radical (unpaired) electrons. The van der Waals surface area contributed by atoms with Gasteiger partial charge in [-0.2, -0.15) is 8.78 Å². The SMILES string of the molecule is COC(=O)c1cccc(Oc2cccc(-c3nnc(N(Cc4ccc(C(F)(F)P(=O)(O)O)cc4)c4ccc(Cl)c(Cl)c4)o3)c2)c1. The van der Waals surface area contributed by atoms with Crippen molar-refractivity contribution in [2.24, 2.45) is 0 Å². The molecule has 2 N–H and O–H groups in total. The Labute approximate surface area is 264 Å². The van der Waals surface area contributed by atoms with Gasteiger partial charge in [0.15, 0.2) is 0 Å². The van der Waals surface area contributed by atoms with Crippen LogP contribution in [0.25, 0.3) is 11.5 Å². The summed E-state index contributed by atoms with van der Waals surface area (Å²) in [5, 5.41) is 8.87. The topological polar surface area (TPSA) is 135 Å². The molecule has 0 bridgehead atoms. The van der Waals surface area contributed by atoms with Gasteiger partial charge in [0.05, 0.1) is 29.3 Å². The predicted octanol–water partition coefficient (Wildman–Crippen LogP) is 8.19. The number of anilines is 2. The molecule has 5 aromatic rings. The lowest BCUT2D eigenvalue weighted by molar-refractivity contribution is 0.0564. The third-order valence-corrected chi connectivity index (χ3v) is 8.17. The van der Waals surface area contributed by atoms with Crippen LogP contribution in [-0.4, -0.2) is 33.1 Å². The number of aromatic nitrogens is 2. The first-order chi connectivity index (χ1) is 21.4. The lowest BCUT2D eigenvalue weighted by Gasteiger charge is -2.22. The molecule has 232 valence electrons. The van der Waals surface area contributed by atoms with E-state index >= 15 is 0 Å². The average molecular weight is 676 g/mol. The van der Waals surface area contributed by atoms with E-state index in [9.17, 15) is 18.1 Å². The Bertz CT molecular complexity index is 1900. The molecule has 15 heteroatoms. The molecule has 0 fully saturated rings. The maximum atomic E-state index is 14.2. The average Bonchev–Trinajstić information content (AvgIpc) is 3.51. The van der Waals surface area contributed by atoms with Crippen LogP contribution in [0.1, 0.15) is 21.5 Å². The fourth-order valence-corrected chi connectivity index (χ4v) is 4.94. The van der Waals surface area contributed by atoms with Crippen LogP contribution in [0, 0.1) is 0 Å². The summed E-state index contributed by atoms with van der Waals surface area (Å²) < 4.78 is 56.3. The molecule has 0 saturated heterocycles. The second-order valence-electron chi connectivity index (χ2n) is 9.51. The molecule has 45 heavy (non-hydrogen) atoms. The van der Waals surface area contributed by atoms with Gasteiger partial charge in [0.2, 0.25) is 5.89 Å². The Morgan fingerprint density at radius 2 is 1.62 bits per heavy atom. The fourth-order valence-electron chi connectivity index (χ4n) is 4.16. The number of rotatable bonds is 10. The highest BCUT2D eigenvalue weighted by Gasteiger charge is 2.50. The Morgan fingerprint density at radius 1 is 0.933 bits per heavy atom. The van der Waals surface area contributed by atoms with E-state index in [1.807, 2.05) is 0 Å². The largest absolute Gasteiger partial charge is 0.465 e. The van der Waals surface area contributed by atoms with E-state index in [-0.39, 0.29) is 23.5 Å². The number of halogens is 4. The van der Waals surface area contributed by atoms with Gasteiger partial charge in [-0.05, 0) is 60.2 Å². The first kappa shape index (κ1) is 32.1. The van der Waals surface area contributed by atoms with E-state index in [4.69, 9.17) is 46.9 Å². The zero-order chi connectivity index (χ0) is 32.4. The normalized spacial score (nSPS) is 11.7. The summed E-state index contributed by atoms with van der Waals surface area (Å²) >= 11 is 12.4. The van der Waals surface area contributed by atoms with Crippen molar-refractivity contribution in [3.8, 4) is 23.0 Å². The molecule has 0 atom stereocenters. The van der Waals surface area contributed by atoms with Crippen LogP contribution in [0.2, 0.25) is 10.0 Å². The number of methoxy groups -OCH3 is 1. The number of ether oxygens (including phenoxy) is 2. The smallest absolute Gasteiger partial charge is 0.399 e. The van der Waals surface area contributed by atoms with Gasteiger partial charge in [-0.1, -0.05) is 64.7 Å². The molecule has 1 heterocycles. The molecule has 0 amide bonds. The zero-order valence-electron chi connectivity index (χ0n) is 23.1. The number of carbonyl (C=O) groups is 1. The lowest BCUT2D eigenvalue weighted by Crippen LogP contribution is -2.18.